The van der Waals surface area contributed by atoms with Gasteiger partial charge in [0.15, 0.2) is 0 Å². The van der Waals surface area contributed by atoms with Gasteiger partial charge in [0.2, 0.25) is 5.82 Å². The molecule has 0 spiro atoms. The second kappa shape index (κ2) is 10.2. The first kappa shape index (κ1) is 26.1. The summed E-state index contributed by atoms with van der Waals surface area (Å²) >= 11 is 0. The maximum Gasteiger partial charge on any atom is 1.00 e. The predicted octanol–water partition coefficient (Wildman–Crippen LogP) is 2.58. The first-order chi connectivity index (χ1) is 16.7. The zero-order valence-electron chi connectivity index (χ0n) is 20.0. The van der Waals surface area contributed by atoms with E-state index in [0.717, 1.165) is 11.1 Å². The van der Waals surface area contributed by atoms with Crippen molar-refractivity contribution >= 4 is 5.82 Å². The average Bonchev–Trinajstić information content (AvgIpc) is 3.56. The van der Waals surface area contributed by atoms with Crippen LogP contribution in [0.25, 0.3) is 22.5 Å². The summed E-state index contributed by atoms with van der Waals surface area (Å²) in [5.74, 6) is -5.06. The Hall–Kier alpha value is -2.96. The number of alkyl halides is 5. The molecule has 182 valence electrons. The molecule has 7 nitrogen and oxygen atoms in total. The molecule has 1 fully saturated rings. The van der Waals surface area contributed by atoms with Crippen molar-refractivity contribution in [1.82, 2.24) is 30.6 Å². The SMILES string of the molecule is FC(F)(F)C(F)(F)c1cc(NCc2ccc(-c3ccccc3)c(-c3nn[nH]n3)c2)nc(C2CC2)n1.[H-].[Na+]. The van der Waals surface area contributed by atoms with Crippen molar-refractivity contribution in [2.24, 2.45) is 0 Å². The van der Waals surface area contributed by atoms with E-state index in [4.69, 9.17) is 0 Å². The first-order valence-corrected chi connectivity index (χ1v) is 10.7. The maximum absolute atomic E-state index is 14.0. The molecule has 2 heterocycles. The minimum absolute atomic E-state index is 0. The third kappa shape index (κ3) is 5.40. The summed E-state index contributed by atoms with van der Waals surface area (Å²) < 4.78 is 66.9. The average molecular weight is 511 g/mol. The smallest absolute Gasteiger partial charge is 1.00 e. The van der Waals surface area contributed by atoms with Crippen LogP contribution in [0.15, 0.2) is 54.6 Å². The van der Waals surface area contributed by atoms with Gasteiger partial charge in [-0.2, -0.15) is 27.2 Å². The molecular weight excluding hydrogens is 492 g/mol. The topological polar surface area (TPSA) is 92.3 Å². The van der Waals surface area contributed by atoms with Crippen LogP contribution < -0.4 is 34.9 Å². The van der Waals surface area contributed by atoms with Crippen molar-refractivity contribution in [3.05, 3.63) is 71.7 Å². The van der Waals surface area contributed by atoms with E-state index < -0.39 is 17.8 Å². The largest absolute Gasteiger partial charge is 1.00 e. The van der Waals surface area contributed by atoms with Gasteiger partial charge in [0.1, 0.15) is 17.3 Å². The van der Waals surface area contributed by atoms with E-state index >= 15 is 0 Å². The van der Waals surface area contributed by atoms with Crippen LogP contribution in [-0.4, -0.2) is 36.8 Å². The fraction of sp³-hybridized carbons (Fsp3) is 0.261. The number of aromatic nitrogens is 6. The first-order valence-electron chi connectivity index (χ1n) is 10.7. The van der Waals surface area contributed by atoms with Gasteiger partial charge in [0.25, 0.3) is 0 Å². The Morgan fingerprint density at radius 3 is 2.33 bits per heavy atom. The van der Waals surface area contributed by atoms with Gasteiger partial charge in [-0.25, -0.2) is 9.97 Å². The number of hydrogen-bond donors (Lipinski definition) is 2. The van der Waals surface area contributed by atoms with E-state index in [1.54, 1.807) is 6.07 Å². The van der Waals surface area contributed by atoms with Crippen LogP contribution in [0.3, 0.4) is 0 Å². The summed E-state index contributed by atoms with van der Waals surface area (Å²) in [6, 6.07) is 15.7. The molecule has 36 heavy (non-hydrogen) atoms. The number of tetrazole rings is 1. The summed E-state index contributed by atoms with van der Waals surface area (Å²) in [7, 11) is 0. The number of nitrogens with one attached hydrogen (secondary N) is 2. The fourth-order valence-corrected chi connectivity index (χ4v) is 3.61. The van der Waals surface area contributed by atoms with E-state index in [1.807, 2.05) is 42.5 Å². The van der Waals surface area contributed by atoms with Crippen LogP contribution >= 0.6 is 0 Å². The second-order valence-corrected chi connectivity index (χ2v) is 8.18. The van der Waals surface area contributed by atoms with Gasteiger partial charge in [-0.1, -0.05) is 42.5 Å². The van der Waals surface area contributed by atoms with Gasteiger partial charge < -0.3 is 6.74 Å². The summed E-state index contributed by atoms with van der Waals surface area (Å²) in [5.41, 5.74) is 1.79. The third-order valence-corrected chi connectivity index (χ3v) is 5.59. The third-order valence-electron chi connectivity index (χ3n) is 5.59. The summed E-state index contributed by atoms with van der Waals surface area (Å²) in [6.07, 6.45) is -4.46. The Bertz CT molecular complexity index is 1330. The molecule has 0 aliphatic heterocycles. The van der Waals surface area contributed by atoms with E-state index in [1.165, 1.54) is 0 Å². The Morgan fingerprint density at radius 1 is 0.944 bits per heavy atom. The summed E-state index contributed by atoms with van der Waals surface area (Å²) in [4.78, 5) is 7.71. The van der Waals surface area contributed by atoms with Crippen LogP contribution in [0, 0.1) is 0 Å². The number of hydrogen-bond acceptors (Lipinski definition) is 6. The molecular formula is C23H19F5N7Na. The molecule has 13 heteroatoms. The molecule has 2 aromatic carbocycles. The predicted molar refractivity (Wildman–Crippen MR) is 117 cm³/mol. The van der Waals surface area contributed by atoms with Crippen molar-refractivity contribution in [3.63, 3.8) is 0 Å². The quantitative estimate of drug-likeness (QED) is 0.293. The second-order valence-electron chi connectivity index (χ2n) is 8.18. The summed E-state index contributed by atoms with van der Waals surface area (Å²) in [5, 5.41) is 17.0. The monoisotopic (exact) mass is 511 g/mol. The molecule has 4 aromatic rings. The van der Waals surface area contributed by atoms with Gasteiger partial charge in [-0.05, 0) is 40.8 Å². The summed E-state index contributed by atoms with van der Waals surface area (Å²) in [6.45, 7) is 0.109. The Balaban J connectivity index is 0.00000190. The molecule has 0 bridgehead atoms. The van der Waals surface area contributed by atoms with Gasteiger partial charge in [-0.3, -0.25) is 0 Å². The van der Waals surface area contributed by atoms with Crippen LogP contribution in [0.2, 0.25) is 0 Å². The van der Waals surface area contributed by atoms with E-state index in [2.05, 4.69) is 35.9 Å². The van der Waals surface area contributed by atoms with Crippen LogP contribution in [0.5, 0.6) is 0 Å². The number of aromatic amines is 1. The standard InChI is InChI=1S/C23H18F5N7.Na.H/c24-22(25,23(26,27)28)18-11-19(31-20(30-18)15-7-8-15)29-12-13-6-9-16(14-4-2-1-3-5-14)17(10-13)21-32-34-35-33-21;;/h1-6,9-11,15H,7-8,12H2,(H,29,30,31)(H,32,33,34,35);;/q;+1;-1. The Kier molecular flexibility index (Phi) is 7.39. The van der Waals surface area contributed by atoms with Gasteiger partial charge in [0.05, 0.1) is 0 Å². The van der Waals surface area contributed by atoms with Gasteiger partial charge >= 0.3 is 41.7 Å². The van der Waals surface area contributed by atoms with E-state index in [0.29, 0.717) is 35.9 Å². The van der Waals surface area contributed by atoms with E-state index in [-0.39, 0.29) is 55.1 Å². The zero-order valence-corrected chi connectivity index (χ0v) is 21.0. The molecule has 0 unspecified atom stereocenters. The Labute approximate surface area is 225 Å². The number of benzene rings is 2. The molecule has 2 aromatic heterocycles. The normalized spacial score (nSPS) is 13.8. The zero-order chi connectivity index (χ0) is 24.6. The van der Waals surface area contributed by atoms with Crippen molar-refractivity contribution in [1.29, 1.82) is 0 Å². The van der Waals surface area contributed by atoms with Crippen LogP contribution in [0.4, 0.5) is 27.8 Å². The minimum Gasteiger partial charge on any atom is -1.00 e. The molecule has 2 N–H and O–H groups in total. The fourth-order valence-electron chi connectivity index (χ4n) is 3.61. The Morgan fingerprint density at radius 2 is 1.69 bits per heavy atom. The molecule has 1 aliphatic carbocycles. The molecule has 1 aliphatic rings. The molecule has 1 saturated carbocycles. The number of rotatable bonds is 7. The van der Waals surface area contributed by atoms with Gasteiger partial charge in [-0.15, -0.1) is 10.2 Å². The van der Waals surface area contributed by atoms with Crippen molar-refractivity contribution < 1.29 is 52.9 Å². The molecule has 0 atom stereocenters. The minimum atomic E-state index is -5.76. The molecule has 0 saturated heterocycles. The van der Waals surface area contributed by atoms with E-state index in [9.17, 15) is 22.0 Å². The number of nitrogens with zero attached hydrogens (tertiary/aromatic N) is 5. The molecule has 0 amide bonds. The molecule has 0 radical (unpaired) electrons. The van der Waals surface area contributed by atoms with Crippen molar-refractivity contribution in [2.45, 2.75) is 37.4 Å². The number of H-pyrrole nitrogens is 1. The number of halogens is 5. The van der Waals surface area contributed by atoms with Crippen LogP contribution in [-0.2, 0) is 12.5 Å². The molecule has 5 rings (SSSR count). The van der Waals surface area contributed by atoms with Crippen molar-refractivity contribution in [3.8, 4) is 22.5 Å². The van der Waals surface area contributed by atoms with Crippen LogP contribution in [0.1, 0.15) is 37.3 Å². The maximum atomic E-state index is 14.0. The van der Waals surface area contributed by atoms with Gasteiger partial charge in [0, 0.05) is 24.1 Å². The number of anilines is 1. The van der Waals surface area contributed by atoms with Crippen molar-refractivity contribution in [2.75, 3.05) is 5.32 Å².